The highest BCUT2D eigenvalue weighted by atomic mass is 15.3. The molecule has 124 valence electrons. The van der Waals surface area contributed by atoms with E-state index >= 15 is 0 Å². The average Bonchev–Trinajstić information content (AvgIpc) is 2.90. The van der Waals surface area contributed by atoms with E-state index in [-0.39, 0.29) is 0 Å². The Bertz CT molecular complexity index is 477. The van der Waals surface area contributed by atoms with Gasteiger partial charge >= 0.3 is 0 Å². The summed E-state index contributed by atoms with van der Waals surface area (Å²) >= 11 is 0. The van der Waals surface area contributed by atoms with E-state index in [2.05, 4.69) is 53.7 Å². The lowest BCUT2D eigenvalue weighted by atomic mass is 10.0. The lowest BCUT2D eigenvalue weighted by molar-refractivity contribution is 0.266. The highest BCUT2D eigenvalue weighted by Crippen LogP contribution is 2.15. The van der Waals surface area contributed by atoms with Crippen LogP contribution in [0.3, 0.4) is 0 Å². The van der Waals surface area contributed by atoms with Crippen molar-refractivity contribution in [1.82, 2.24) is 19.8 Å². The Kier molecular flexibility index (Phi) is 6.28. The Labute approximate surface area is 134 Å². The molecule has 1 atom stereocenters. The highest BCUT2D eigenvalue weighted by Gasteiger charge is 2.19. The zero-order valence-electron chi connectivity index (χ0n) is 14.5. The first kappa shape index (κ1) is 16.8. The molecular weight excluding hydrogens is 274 g/mol. The fourth-order valence-electron chi connectivity index (χ4n) is 3.00. The third-order valence-electron chi connectivity index (χ3n) is 4.03. The van der Waals surface area contributed by atoms with Crippen LogP contribution in [0.5, 0.6) is 0 Å². The van der Waals surface area contributed by atoms with E-state index in [1.807, 2.05) is 6.20 Å². The molecule has 0 radical (unpaired) electrons. The van der Waals surface area contributed by atoms with Crippen LogP contribution in [0.15, 0.2) is 17.4 Å². The van der Waals surface area contributed by atoms with Gasteiger partial charge in [0, 0.05) is 38.6 Å². The van der Waals surface area contributed by atoms with Gasteiger partial charge in [0.05, 0.1) is 0 Å². The average molecular weight is 305 g/mol. The SMILES string of the molecule is CCNC(=NCc1nccn1CC(C)C)N1CCCC(C)C1. The van der Waals surface area contributed by atoms with Crippen molar-refractivity contribution in [3.05, 3.63) is 18.2 Å². The minimum atomic E-state index is 0.619. The minimum Gasteiger partial charge on any atom is -0.357 e. The van der Waals surface area contributed by atoms with Crippen molar-refractivity contribution in [2.75, 3.05) is 19.6 Å². The second kappa shape index (κ2) is 8.20. The summed E-state index contributed by atoms with van der Waals surface area (Å²) in [7, 11) is 0. The number of guanidine groups is 1. The molecule has 1 saturated heterocycles. The monoisotopic (exact) mass is 305 g/mol. The summed E-state index contributed by atoms with van der Waals surface area (Å²) in [6.07, 6.45) is 6.52. The fraction of sp³-hybridized carbons (Fsp3) is 0.765. The molecule has 0 spiro atoms. The van der Waals surface area contributed by atoms with Crippen molar-refractivity contribution in [3.8, 4) is 0 Å². The standard InChI is InChI=1S/C17H31N5/c1-5-18-17(22-9-6-7-15(4)13-22)20-11-16-19-8-10-21(16)12-14(2)3/h8,10,14-15H,5-7,9,11-13H2,1-4H3,(H,18,20). The maximum absolute atomic E-state index is 4.83. The number of hydrogen-bond acceptors (Lipinski definition) is 2. The van der Waals surface area contributed by atoms with Gasteiger partial charge in [0.25, 0.3) is 0 Å². The number of likely N-dealkylation sites (tertiary alicyclic amines) is 1. The third-order valence-corrected chi connectivity index (χ3v) is 4.03. The molecule has 1 aliphatic heterocycles. The van der Waals surface area contributed by atoms with Crippen molar-refractivity contribution in [2.45, 2.75) is 53.6 Å². The molecule has 2 heterocycles. The topological polar surface area (TPSA) is 45.5 Å². The van der Waals surface area contributed by atoms with E-state index in [0.29, 0.717) is 12.5 Å². The van der Waals surface area contributed by atoms with Crippen LogP contribution in [0.2, 0.25) is 0 Å². The van der Waals surface area contributed by atoms with E-state index in [1.165, 1.54) is 12.8 Å². The van der Waals surface area contributed by atoms with Gasteiger partial charge in [-0.1, -0.05) is 20.8 Å². The van der Waals surface area contributed by atoms with Crippen LogP contribution in [0, 0.1) is 11.8 Å². The predicted molar refractivity (Wildman–Crippen MR) is 91.9 cm³/mol. The van der Waals surface area contributed by atoms with E-state index in [9.17, 15) is 0 Å². The van der Waals surface area contributed by atoms with Gasteiger partial charge in [-0.25, -0.2) is 9.98 Å². The van der Waals surface area contributed by atoms with Crippen LogP contribution in [-0.2, 0) is 13.1 Å². The van der Waals surface area contributed by atoms with Crippen LogP contribution in [-0.4, -0.2) is 40.0 Å². The first-order valence-electron chi connectivity index (χ1n) is 8.63. The molecule has 1 aromatic heterocycles. The number of aromatic nitrogens is 2. The second-order valence-electron chi connectivity index (χ2n) is 6.75. The van der Waals surface area contributed by atoms with Gasteiger partial charge < -0.3 is 14.8 Å². The lowest BCUT2D eigenvalue weighted by Crippen LogP contribution is -2.46. The van der Waals surface area contributed by atoms with Crippen LogP contribution >= 0.6 is 0 Å². The molecule has 0 saturated carbocycles. The number of nitrogens with one attached hydrogen (secondary N) is 1. The summed E-state index contributed by atoms with van der Waals surface area (Å²) in [4.78, 5) is 11.7. The van der Waals surface area contributed by atoms with E-state index in [4.69, 9.17) is 4.99 Å². The van der Waals surface area contributed by atoms with Gasteiger partial charge in [0.2, 0.25) is 0 Å². The van der Waals surface area contributed by atoms with Gasteiger partial charge in [-0.05, 0) is 31.6 Å². The van der Waals surface area contributed by atoms with Crippen molar-refractivity contribution in [3.63, 3.8) is 0 Å². The van der Waals surface area contributed by atoms with Gasteiger partial charge in [-0.15, -0.1) is 0 Å². The Balaban J connectivity index is 2.05. The molecule has 1 unspecified atom stereocenters. The Morgan fingerprint density at radius 3 is 3.00 bits per heavy atom. The summed E-state index contributed by atoms with van der Waals surface area (Å²) in [5.41, 5.74) is 0. The quantitative estimate of drug-likeness (QED) is 0.672. The Morgan fingerprint density at radius 2 is 2.32 bits per heavy atom. The number of hydrogen-bond donors (Lipinski definition) is 1. The van der Waals surface area contributed by atoms with Gasteiger partial charge in [0.15, 0.2) is 5.96 Å². The molecule has 5 nitrogen and oxygen atoms in total. The molecule has 1 N–H and O–H groups in total. The molecule has 0 bridgehead atoms. The molecule has 0 amide bonds. The smallest absolute Gasteiger partial charge is 0.194 e. The third kappa shape index (κ3) is 4.75. The van der Waals surface area contributed by atoms with E-state index < -0.39 is 0 Å². The first-order chi connectivity index (χ1) is 10.6. The lowest BCUT2D eigenvalue weighted by Gasteiger charge is -2.33. The molecule has 5 heteroatoms. The van der Waals surface area contributed by atoms with E-state index in [1.54, 1.807) is 0 Å². The van der Waals surface area contributed by atoms with Crippen LogP contribution in [0.25, 0.3) is 0 Å². The zero-order valence-corrected chi connectivity index (χ0v) is 14.5. The maximum atomic E-state index is 4.83. The van der Waals surface area contributed by atoms with Crippen molar-refractivity contribution in [2.24, 2.45) is 16.8 Å². The fourth-order valence-corrected chi connectivity index (χ4v) is 3.00. The second-order valence-corrected chi connectivity index (χ2v) is 6.75. The van der Waals surface area contributed by atoms with Crippen LogP contribution in [0.1, 0.15) is 46.4 Å². The van der Waals surface area contributed by atoms with Crippen LogP contribution in [0.4, 0.5) is 0 Å². The number of nitrogens with zero attached hydrogens (tertiary/aromatic N) is 4. The largest absolute Gasteiger partial charge is 0.357 e. The van der Waals surface area contributed by atoms with Gasteiger partial charge in [-0.2, -0.15) is 0 Å². The Hall–Kier alpha value is -1.52. The molecule has 1 aromatic rings. The highest BCUT2D eigenvalue weighted by molar-refractivity contribution is 5.80. The molecule has 1 fully saturated rings. The Morgan fingerprint density at radius 1 is 1.50 bits per heavy atom. The molecule has 22 heavy (non-hydrogen) atoms. The predicted octanol–water partition coefficient (Wildman–Crippen LogP) is 2.74. The first-order valence-corrected chi connectivity index (χ1v) is 8.63. The van der Waals surface area contributed by atoms with Gasteiger partial charge in [-0.3, -0.25) is 0 Å². The van der Waals surface area contributed by atoms with Crippen molar-refractivity contribution < 1.29 is 0 Å². The maximum Gasteiger partial charge on any atom is 0.194 e. The molecule has 0 aliphatic carbocycles. The summed E-state index contributed by atoms with van der Waals surface area (Å²) in [6, 6.07) is 0. The molecule has 2 rings (SSSR count). The number of rotatable bonds is 5. The molecule has 1 aliphatic rings. The zero-order chi connectivity index (χ0) is 15.9. The number of piperidine rings is 1. The molecule has 0 aromatic carbocycles. The number of aliphatic imine (C=N–C) groups is 1. The van der Waals surface area contributed by atoms with Crippen molar-refractivity contribution in [1.29, 1.82) is 0 Å². The van der Waals surface area contributed by atoms with Crippen molar-refractivity contribution >= 4 is 5.96 Å². The van der Waals surface area contributed by atoms with Crippen LogP contribution < -0.4 is 5.32 Å². The minimum absolute atomic E-state index is 0.619. The normalized spacial score (nSPS) is 19.8. The number of imidazole rings is 1. The van der Waals surface area contributed by atoms with E-state index in [0.717, 1.165) is 43.9 Å². The summed E-state index contributed by atoms with van der Waals surface area (Å²) < 4.78 is 2.22. The summed E-state index contributed by atoms with van der Waals surface area (Å²) in [5.74, 6) is 3.45. The van der Waals surface area contributed by atoms with Gasteiger partial charge in [0.1, 0.15) is 12.4 Å². The molecular formula is C17H31N5. The summed E-state index contributed by atoms with van der Waals surface area (Å²) in [5, 5.41) is 3.43. The summed E-state index contributed by atoms with van der Waals surface area (Å²) in [6.45, 7) is 13.7.